The van der Waals surface area contributed by atoms with Crippen molar-refractivity contribution in [3.63, 3.8) is 0 Å². The van der Waals surface area contributed by atoms with Crippen LogP contribution in [-0.2, 0) is 10.0 Å². The summed E-state index contributed by atoms with van der Waals surface area (Å²) in [6.07, 6.45) is 0. The molecule has 2 heterocycles. The molecule has 0 aliphatic carbocycles. The number of thiophene rings is 1. The highest BCUT2D eigenvalue weighted by Crippen LogP contribution is 2.32. The number of nitrogens with one attached hydrogen (secondary N) is 1. The van der Waals surface area contributed by atoms with Gasteiger partial charge >= 0.3 is 0 Å². The van der Waals surface area contributed by atoms with Crippen LogP contribution in [0.4, 0.5) is 5.13 Å². The normalized spacial score (nSPS) is 11.8. The van der Waals surface area contributed by atoms with E-state index in [9.17, 15) is 8.42 Å². The minimum atomic E-state index is -3.53. The molecule has 2 rings (SSSR count). The van der Waals surface area contributed by atoms with Crippen molar-refractivity contribution < 1.29 is 8.42 Å². The Hall–Kier alpha value is -0.440. The van der Waals surface area contributed by atoms with Gasteiger partial charge in [-0.2, -0.15) is 0 Å². The van der Waals surface area contributed by atoms with Crippen molar-refractivity contribution in [3.8, 4) is 0 Å². The van der Waals surface area contributed by atoms with Crippen molar-refractivity contribution in [3.05, 3.63) is 26.0 Å². The highest BCUT2D eigenvalue weighted by atomic mass is 79.9. The number of halogens is 1. The topological polar surface area (TPSA) is 59.1 Å². The van der Waals surface area contributed by atoms with E-state index in [1.165, 1.54) is 22.7 Å². The molecule has 0 amide bonds. The van der Waals surface area contributed by atoms with Gasteiger partial charge in [-0.15, -0.1) is 22.7 Å². The molecule has 2 aromatic rings. The standard InChI is InChI=1S/C10H11BrN2O2S3/c1-5-4-8(17-9(5)11)18(14,15)13-10-12-6(2)7(3)16-10/h4H,1-3H3,(H,12,13). The lowest BCUT2D eigenvalue weighted by Crippen LogP contribution is -2.11. The second-order valence-corrected chi connectivity index (χ2v) is 9.27. The van der Waals surface area contributed by atoms with Crippen LogP contribution in [0.15, 0.2) is 14.1 Å². The van der Waals surface area contributed by atoms with Gasteiger partial charge in [0.15, 0.2) is 5.13 Å². The van der Waals surface area contributed by atoms with Gasteiger partial charge in [-0.25, -0.2) is 13.4 Å². The first kappa shape index (κ1) is 14.0. The third-order valence-electron chi connectivity index (χ3n) is 2.35. The Labute approximate surface area is 122 Å². The fraction of sp³-hybridized carbons (Fsp3) is 0.300. The third kappa shape index (κ3) is 2.76. The maximum Gasteiger partial charge on any atom is 0.273 e. The lowest BCUT2D eigenvalue weighted by atomic mass is 10.4. The first-order valence-electron chi connectivity index (χ1n) is 5.02. The van der Waals surface area contributed by atoms with Crippen LogP contribution in [0.3, 0.4) is 0 Å². The average Bonchev–Trinajstić information content (AvgIpc) is 2.72. The van der Waals surface area contributed by atoms with Gasteiger partial charge in [0.25, 0.3) is 10.0 Å². The van der Waals surface area contributed by atoms with Crippen LogP contribution in [0.5, 0.6) is 0 Å². The Bertz CT molecular complexity index is 649. The molecule has 0 fully saturated rings. The molecule has 0 aliphatic rings. The molecule has 0 saturated carbocycles. The van der Waals surface area contributed by atoms with E-state index in [-0.39, 0.29) is 4.21 Å². The SMILES string of the molecule is Cc1cc(S(=O)(=O)Nc2nc(C)c(C)s2)sc1Br. The predicted molar refractivity (Wildman–Crippen MR) is 79.2 cm³/mol. The van der Waals surface area contributed by atoms with Gasteiger partial charge < -0.3 is 0 Å². The monoisotopic (exact) mass is 366 g/mol. The number of thiazole rings is 1. The molecule has 1 N–H and O–H groups in total. The van der Waals surface area contributed by atoms with Gasteiger partial charge in [0.05, 0.1) is 9.48 Å². The number of rotatable bonds is 3. The second-order valence-electron chi connectivity index (χ2n) is 3.79. The van der Waals surface area contributed by atoms with Crippen molar-refractivity contribution in [2.75, 3.05) is 4.72 Å². The van der Waals surface area contributed by atoms with Crippen LogP contribution >= 0.6 is 38.6 Å². The van der Waals surface area contributed by atoms with Crippen molar-refractivity contribution >= 4 is 53.8 Å². The fourth-order valence-electron chi connectivity index (χ4n) is 1.25. The van der Waals surface area contributed by atoms with E-state index in [1.54, 1.807) is 6.07 Å². The summed E-state index contributed by atoms with van der Waals surface area (Å²) < 4.78 is 27.9. The maximum absolute atomic E-state index is 12.1. The van der Waals surface area contributed by atoms with E-state index in [2.05, 4.69) is 25.6 Å². The Morgan fingerprint density at radius 3 is 2.39 bits per heavy atom. The van der Waals surface area contributed by atoms with Crippen molar-refractivity contribution in [1.29, 1.82) is 0 Å². The Morgan fingerprint density at radius 1 is 1.28 bits per heavy atom. The van der Waals surface area contributed by atoms with Crippen molar-refractivity contribution in [1.82, 2.24) is 4.98 Å². The average molecular weight is 367 g/mol. The summed E-state index contributed by atoms with van der Waals surface area (Å²) in [5, 5.41) is 0.409. The molecule has 0 bridgehead atoms. The zero-order valence-corrected chi connectivity index (χ0v) is 14.0. The van der Waals surface area contributed by atoms with E-state index in [1.807, 2.05) is 20.8 Å². The number of aryl methyl sites for hydroxylation is 3. The zero-order valence-electron chi connectivity index (χ0n) is 9.94. The number of aromatic nitrogens is 1. The largest absolute Gasteiger partial charge is 0.273 e. The van der Waals surface area contributed by atoms with Gasteiger partial charge in [-0.3, -0.25) is 4.72 Å². The number of sulfonamides is 1. The predicted octanol–water partition coefficient (Wildman–Crippen LogP) is 3.69. The molecule has 0 spiro atoms. The lowest BCUT2D eigenvalue weighted by molar-refractivity contribution is 0.603. The summed E-state index contributed by atoms with van der Waals surface area (Å²) >= 11 is 5.86. The van der Waals surface area contributed by atoms with Gasteiger partial charge in [-0.05, 0) is 48.3 Å². The molecule has 4 nitrogen and oxygen atoms in total. The van der Waals surface area contributed by atoms with Gasteiger partial charge in [0.1, 0.15) is 4.21 Å². The molecule has 98 valence electrons. The molecule has 2 aromatic heterocycles. The number of nitrogens with zero attached hydrogens (tertiary/aromatic N) is 1. The quantitative estimate of drug-likeness (QED) is 0.900. The van der Waals surface area contributed by atoms with E-state index in [4.69, 9.17) is 0 Å². The molecule has 0 aliphatic heterocycles. The second kappa shape index (κ2) is 4.92. The van der Waals surface area contributed by atoms with Crippen LogP contribution in [0.25, 0.3) is 0 Å². The molecular formula is C10H11BrN2O2S3. The summed E-state index contributed by atoms with van der Waals surface area (Å²) in [5.74, 6) is 0. The highest BCUT2D eigenvalue weighted by Gasteiger charge is 2.20. The maximum atomic E-state index is 12.1. The first-order valence-corrected chi connectivity index (χ1v) is 8.93. The number of anilines is 1. The summed E-state index contributed by atoms with van der Waals surface area (Å²) in [7, 11) is -3.53. The van der Waals surface area contributed by atoms with Gasteiger partial charge in [0, 0.05) is 4.88 Å². The highest BCUT2D eigenvalue weighted by molar-refractivity contribution is 9.11. The molecule has 0 aromatic carbocycles. The van der Waals surface area contributed by atoms with E-state index in [0.29, 0.717) is 5.13 Å². The minimum absolute atomic E-state index is 0.289. The van der Waals surface area contributed by atoms with E-state index in [0.717, 1.165) is 19.9 Å². The molecular weight excluding hydrogens is 356 g/mol. The van der Waals surface area contributed by atoms with Crippen LogP contribution in [0, 0.1) is 20.8 Å². The Kier molecular flexibility index (Phi) is 3.82. The summed E-state index contributed by atoms with van der Waals surface area (Å²) in [5.41, 5.74) is 1.76. The third-order valence-corrected chi connectivity index (χ3v) is 7.42. The summed E-state index contributed by atoms with van der Waals surface area (Å²) in [6.45, 7) is 5.63. The van der Waals surface area contributed by atoms with Gasteiger partial charge in [-0.1, -0.05) is 0 Å². The summed E-state index contributed by atoms with van der Waals surface area (Å²) in [6, 6.07) is 1.64. The smallest absolute Gasteiger partial charge is 0.254 e. The van der Waals surface area contributed by atoms with E-state index < -0.39 is 10.0 Å². The van der Waals surface area contributed by atoms with Crippen LogP contribution in [0.1, 0.15) is 16.1 Å². The zero-order chi connectivity index (χ0) is 13.5. The molecule has 0 atom stereocenters. The Balaban J connectivity index is 2.32. The van der Waals surface area contributed by atoms with Crippen molar-refractivity contribution in [2.24, 2.45) is 0 Å². The van der Waals surface area contributed by atoms with E-state index >= 15 is 0 Å². The molecule has 0 radical (unpaired) electrons. The fourth-order valence-corrected chi connectivity index (χ4v) is 5.52. The molecule has 18 heavy (non-hydrogen) atoms. The number of hydrogen-bond acceptors (Lipinski definition) is 5. The van der Waals surface area contributed by atoms with Crippen LogP contribution in [-0.4, -0.2) is 13.4 Å². The Morgan fingerprint density at radius 2 is 1.94 bits per heavy atom. The molecule has 8 heteroatoms. The van der Waals surface area contributed by atoms with Crippen LogP contribution < -0.4 is 4.72 Å². The minimum Gasteiger partial charge on any atom is -0.254 e. The molecule has 0 unspecified atom stereocenters. The number of hydrogen-bond donors (Lipinski definition) is 1. The molecule has 0 saturated heterocycles. The van der Waals surface area contributed by atoms with Crippen molar-refractivity contribution in [2.45, 2.75) is 25.0 Å². The van der Waals surface area contributed by atoms with Gasteiger partial charge in [0.2, 0.25) is 0 Å². The summed E-state index contributed by atoms with van der Waals surface area (Å²) in [4.78, 5) is 5.18. The van der Waals surface area contributed by atoms with Crippen LogP contribution in [0.2, 0.25) is 0 Å². The first-order chi connectivity index (χ1) is 8.29. The lowest BCUT2D eigenvalue weighted by Gasteiger charge is -2.01.